The fourth-order valence-electron chi connectivity index (χ4n) is 5.27. The van der Waals surface area contributed by atoms with Gasteiger partial charge in [0.15, 0.2) is 11.6 Å². The third kappa shape index (κ3) is 6.88. The molecule has 1 N–H and O–H groups in total. The van der Waals surface area contributed by atoms with Gasteiger partial charge in [0, 0.05) is 0 Å². The number of carboxylic acid groups (broad SMARTS) is 1. The molecule has 180 valence electrons. The summed E-state index contributed by atoms with van der Waals surface area (Å²) in [6.07, 6.45) is 13.7. The summed E-state index contributed by atoms with van der Waals surface area (Å²) >= 11 is 0. The van der Waals surface area contributed by atoms with Gasteiger partial charge in [0.05, 0.1) is 5.41 Å². The van der Waals surface area contributed by atoms with Crippen LogP contribution in [0.3, 0.4) is 0 Å². The predicted molar refractivity (Wildman–Crippen MR) is 129 cm³/mol. The molecule has 0 saturated heterocycles. The highest BCUT2D eigenvalue weighted by Gasteiger charge is 2.43. The van der Waals surface area contributed by atoms with Crippen molar-refractivity contribution in [2.24, 2.45) is 5.92 Å². The van der Waals surface area contributed by atoms with Crippen LogP contribution in [0, 0.1) is 17.6 Å². The van der Waals surface area contributed by atoms with Crippen LogP contribution in [0.1, 0.15) is 94.2 Å². The second-order valence-corrected chi connectivity index (χ2v) is 9.83. The molecular formula is C29H38F2O2. The Morgan fingerprint density at radius 3 is 2.12 bits per heavy atom. The van der Waals surface area contributed by atoms with E-state index in [-0.39, 0.29) is 0 Å². The highest BCUT2D eigenvalue weighted by Crippen LogP contribution is 2.43. The van der Waals surface area contributed by atoms with E-state index in [1.54, 1.807) is 6.07 Å². The van der Waals surface area contributed by atoms with E-state index in [1.165, 1.54) is 51.0 Å². The van der Waals surface area contributed by atoms with Crippen LogP contribution < -0.4 is 0 Å². The summed E-state index contributed by atoms with van der Waals surface area (Å²) in [6, 6.07) is 11.9. The number of hydrogen-bond acceptors (Lipinski definition) is 1. The lowest BCUT2D eigenvalue weighted by Crippen LogP contribution is -2.39. The number of benzene rings is 2. The Labute approximate surface area is 197 Å². The van der Waals surface area contributed by atoms with Crippen molar-refractivity contribution in [2.45, 2.75) is 95.8 Å². The van der Waals surface area contributed by atoms with Crippen molar-refractivity contribution in [3.8, 4) is 0 Å². The highest BCUT2D eigenvalue weighted by molar-refractivity contribution is 5.81. The van der Waals surface area contributed by atoms with Crippen molar-refractivity contribution in [3.05, 3.63) is 70.8 Å². The second-order valence-electron chi connectivity index (χ2n) is 9.83. The molecule has 2 aromatic carbocycles. The fraction of sp³-hybridized carbons (Fsp3) is 0.552. The zero-order valence-corrected chi connectivity index (χ0v) is 19.9. The van der Waals surface area contributed by atoms with Gasteiger partial charge in [0.2, 0.25) is 0 Å². The zero-order chi connectivity index (χ0) is 23.7. The summed E-state index contributed by atoms with van der Waals surface area (Å²) in [5.41, 5.74) is 1.94. The molecule has 2 aromatic rings. The van der Waals surface area contributed by atoms with Gasteiger partial charge in [0.1, 0.15) is 0 Å². The van der Waals surface area contributed by atoms with E-state index < -0.39 is 23.0 Å². The Hall–Kier alpha value is -2.23. The van der Waals surface area contributed by atoms with Crippen molar-refractivity contribution in [1.29, 1.82) is 0 Å². The number of rotatable bonds is 12. The van der Waals surface area contributed by atoms with Crippen LogP contribution in [0.4, 0.5) is 8.78 Å². The van der Waals surface area contributed by atoms with Gasteiger partial charge in [0.25, 0.3) is 0 Å². The number of hydrogen-bond donors (Lipinski definition) is 1. The molecule has 1 aliphatic rings. The van der Waals surface area contributed by atoms with Gasteiger partial charge in [-0.15, -0.1) is 0 Å². The minimum Gasteiger partial charge on any atom is -0.481 e. The molecule has 0 aromatic heterocycles. The van der Waals surface area contributed by atoms with E-state index in [0.29, 0.717) is 31.6 Å². The number of aryl methyl sites for hydroxylation is 2. The summed E-state index contributed by atoms with van der Waals surface area (Å²) < 4.78 is 26.5. The maximum Gasteiger partial charge on any atom is 0.314 e. The van der Waals surface area contributed by atoms with Crippen LogP contribution in [-0.2, 0) is 23.1 Å². The third-order valence-corrected chi connectivity index (χ3v) is 7.53. The zero-order valence-electron chi connectivity index (χ0n) is 19.9. The van der Waals surface area contributed by atoms with Gasteiger partial charge in [-0.05, 0) is 73.3 Å². The number of unbranched alkanes of at least 4 members (excludes halogenated alkanes) is 5. The van der Waals surface area contributed by atoms with Crippen LogP contribution in [-0.4, -0.2) is 11.1 Å². The Morgan fingerprint density at radius 1 is 0.879 bits per heavy atom. The monoisotopic (exact) mass is 456 g/mol. The average Bonchev–Trinajstić information content (AvgIpc) is 2.83. The summed E-state index contributed by atoms with van der Waals surface area (Å²) in [7, 11) is 0. The van der Waals surface area contributed by atoms with Gasteiger partial charge in [-0.1, -0.05) is 82.2 Å². The molecule has 0 heterocycles. The molecule has 0 radical (unpaired) electrons. The molecule has 1 fully saturated rings. The second kappa shape index (κ2) is 12.3. The quantitative estimate of drug-likeness (QED) is 0.328. The van der Waals surface area contributed by atoms with E-state index >= 15 is 0 Å². The summed E-state index contributed by atoms with van der Waals surface area (Å²) in [5.74, 6) is -1.71. The van der Waals surface area contributed by atoms with Crippen molar-refractivity contribution in [1.82, 2.24) is 0 Å². The first-order valence-electron chi connectivity index (χ1n) is 12.7. The molecule has 0 atom stereocenters. The lowest BCUT2D eigenvalue weighted by molar-refractivity contribution is -0.145. The standard InChI is InChI=1S/C29H38F2O2/c1-2-3-4-5-6-7-8-22-17-19-29(20-18-22,28(32)33)25-14-11-23(12-15-25)9-10-24-13-16-26(30)27(31)21-24/h11-16,21-22H,2-10,17-20H2,1H3,(H,32,33). The van der Waals surface area contributed by atoms with Gasteiger partial charge < -0.3 is 5.11 Å². The molecule has 0 spiro atoms. The molecule has 0 unspecified atom stereocenters. The fourth-order valence-corrected chi connectivity index (χ4v) is 5.27. The molecule has 1 aliphatic carbocycles. The molecule has 0 amide bonds. The van der Waals surface area contributed by atoms with Crippen LogP contribution in [0.25, 0.3) is 0 Å². The van der Waals surface area contributed by atoms with Crippen molar-refractivity contribution in [3.63, 3.8) is 0 Å². The van der Waals surface area contributed by atoms with E-state index in [4.69, 9.17) is 0 Å². The highest BCUT2D eigenvalue weighted by atomic mass is 19.2. The van der Waals surface area contributed by atoms with Crippen LogP contribution in [0.5, 0.6) is 0 Å². The smallest absolute Gasteiger partial charge is 0.314 e. The minimum atomic E-state index is -0.830. The van der Waals surface area contributed by atoms with Crippen LogP contribution in [0.2, 0.25) is 0 Å². The third-order valence-electron chi connectivity index (χ3n) is 7.53. The summed E-state index contributed by atoms with van der Waals surface area (Å²) in [5, 5.41) is 10.1. The summed E-state index contributed by atoms with van der Waals surface area (Å²) in [4.78, 5) is 12.3. The number of carbonyl (C=O) groups is 1. The lowest BCUT2D eigenvalue weighted by Gasteiger charge is -2.37. The van der Waals surface area contributed by atoms with Crippen molar-refractivity contribution >= 4 is 5.97 Å². The Kier molecular flexibility index (Phi) is 9.46. The number of aliphatic carboxylic acids is 1. The first-order chi connectivity index (χ1) is 15.9. The van der Waals surface area contributed by atoms with E-state index in [0.717, 1.165) is 35.6 Å². The van der Waals surface area contributed by atoms with Gasteiger partial charge in [-0.25, -0.2) is 8.78 Å². The molecule has 3 rings (SSSR count). The molecule has 0 aliphatic heterocycles. The van der Waals surface area contributed by atoms with E-state index in [2.05, 4.69) is 6.92 Å². The molecule has 33 heavy (non-hydrogen) atoms. The van der Waals surface area contributed by atoms with E-state index in [9.17, 15) is 18.7 Å². The Morgan fingerprint density at radius 2 is 1.48 bits per heavy atom. The van der Waals surface area contributed by atoms with Gasteiger partial charge >= 0.3 is 5.97 Å². The number of carboxylic acids is 1. The predicted octanol–water partition coefficient (Wildman–Crippen LogP) is 8.01. The number of halogens is 2. The maximum absolute atomic E-state index is 13.4. The van der Waals surface area contributed by atoms with Gasteiger partial charge in [-0.3, -0.25) is 4.79 Å². The van der Waals surface area contributed by atoms with Gasteiger partial charge in [-0.2, -0.15) is 0 Å². The van der Waals surface area contributed by atoms with Crippen LogP contribution in [0.15, 0.2) is 42.5 Å². The van der Waals surface area contributed by atoms with Crippen molar-refractivity contribution < 1.29 is 18.7 Å². The minimum absolute atomic E-state index is 0.612. The Balaban J connectivity index is 1.53. The average molecular weight is 457 g/mol. The van der Waals surface area contributed by atoms with Crippen molar-refractivity contribution in [2.75, 3.05) is 0 Å². The molecule has 1 saturated carbocycles. The molecule has 0 bridgehead atoms. The first kappa shape index (κ1) is 25.4. The topological polar surface area (TPSA) is 37.3 Å². The Bertz CT molecular complexity index is 883. The molecule has 4 heteroatoms. The van der Waals surface area contributed by atoms with Crippen LogP contribution >= 0.6 is 0 Å². The van der Waals surface area contributed by atoms with E-state index in [1.807, 2.05) is 24.3 Å². The first-order valence-corrected chi connectivity index (χ1v) is 12.7. The largest absolute Gasteiger partial charge is 0.481 e. The molecule has 2 nitrogen and oxygen atoms in total. The SMILES string of the molecule is CCCCCCCCC1CCC(C(=O)O)(c2ccc(CCc3ccc(F)c(F)c3)cc2)CC1. The molecular weight excluding hydrogens is 418 g/mol. The lowest BCUT2D eigenvalue weighted by atomic mass is 9.66. The summed E-state index contributed by atoms with van der Waals surface area (Å²) in [6.45, 7) is 2.24. The maximum atomic E-state index is 13.4. The normalized spacial score (nSPS) is 20.6.